The summed E-state index contributed by atoms with van der Waals surface area (Å²) < 4.78 is 0. The third-order valence-electron chi connectivity index (χ3n) is 3.61. The van der Waals surface area contributed by atoms with Gasteiger partial charge in [-0.25, -0.2) is 0 Å². The Morgan fingerprint density at radius 3 is 2.38 bits per heavy atom. The zero-order valence-corrected chi connectivity index (χ0v) is 11.0. The molecule has 0 amide bonds. The highest BCUT2D eigenvalue weighted by molar-refractivity contribution is 4.93. The van der Waals surface area contributed by atoms with Crippen molar-refractivity contribution in [3.05, 3.63) is 0 Å². The summed E-state index contributed by atoms with van der Waals surface area (Å²) >= 11 is 0. The van der Waals surface area contributed by atoms with Gasteiger partial charge in [-0.2, -0.15) is 0 Å². The summed E-state index contributed by atoms with van der Waals surface area (Å²) in [5, 5.41) is 9.57. The lowest BCUT2D eigenvalue weighted by atomic mass is 9.96. The van der Waals surface area contributed by atoms with Crippen LogP contribution in [0.1, 0.15) is 46.5 Å². The van der Waals surface area contributed by atoms with Crippen LogP contribution in [0.15, 0.2) is 0 Å². The van der Waals surface area contributed by atoms with Gasteiger partial charge in [-0.15, -0.1) is 0 Å². The molecule has 0 aliphatic heterocycles. The van der Waals surface area contributed by atoms with Crippen molar-refractivity contribution >= 4 is 0 Å². The summed E-state index contributed by atoms with van der Waals surface area (Å²) in [6, 6.07) is 0.926. The van der Waals surface area contributed by atoms with E-state index in [-0.39, 0.29) is 18.7 Å². The van der Waals surface area contributed by atoms with Crippen LogP contribution in [0.3, 0.4) is 0 Å². The molecular formula is C13H28N2O. The molecule has 3 nitrogen and oxygen atoms in total. The van der Waals surface area contributed by atoms with Crippen LogP contribution in [0.25, 0.3) is 0 Å². The standard InChI is InChI=1S/C13H28N2O/c1-4-5-8-15(11-6-7-11)12(9-16)13(14)10(2)3/h10-13,16H,4-9,14H2,1-3H3. The van der Waals surface area contributed by atoms with Crippen LogP contribution in [0.2, 0.25) is 0 Å². The molecule has 0 aromatic rings. The van der Waals surface area contributed by atoms with Gasteiger partial charge in [0.25, 0.3) is 0 Å². The first-order valence-corrected chi connectivity index (χ1v) is 6.74. The summed E-state index contributed by atoms with van der Waals surface area (Å²) in [6.07, 6.45) is 4.98. The minimum atomic E-state index is 0.0856. The van der Waals surface area contributed by atoms with Crippen molar-refractivity contribution < 1.29 is 5.11 Å². The fourth-order valence-electron chi connectivity index (χ4n) is 2.26. The maximum absolute atomic E-state index is 9.57. The molecule has 1 aliphatic rings. The summed E-state index contributed by atoms with van der Waals surface area (Å²) in [6.45, 7) is 7.77. The molecule has 0 heterocycles. The molecule has 2 atom stereocenters. The van der Waals surface area contributed by atoms with Crippen LogP contribution < -0.4 is 5.73 Å². The van der Waals surface area contributed by atoms with Gasteiger partial charge in [-0.3, -0.25) is 4.90 Å². The van der Waals surface area contributed by atoms with Crippen molar-refractivity contribution in [2.24, 2.45) is 11.7 Å². The van der Waals surface area contributed by atoms with Crippen LogP contribution in [-0.2, 0) is 0 Å². The smallest absolute Gasteiger partial charge is 0.0602 e. The second-order valence-electron chi connectivity index (χ2n) is 5.39. The topological polar surface area (TPSA) is 49.5 Å². The number of aliphatic hydroxyl groups is 1. The molecule has 0 radical (unpaired) electrons. The van der Waals surface area contributed by atoms with Gasteiger partial charge in [-0.05, 0) is 31.7 Å². The summed E-state index contributed by atoms with van der Waals surface area (Å²) in [4.78, 5) is 2.45. The maximum Gasteiger partial charge on any atom is 0.0602 e. The van der Waals surface area contributed by atoms with Gasteiger partial charge in [0.2, 0.25) is 0 Å². The van der Waals surface area contributed by atoms with E-state index in [9.17, 15) is 5.11 Å². The molecule has 1 rings (SSSR count). The lowest BCUT2D eigenvalue weighted by molar-refractivity contribution is 0.0836. The molecule has 16 heavy (non-hydrogen) atoms. The normalized spacial score (nSPS) is 20.4. The van der Waals surface area contributed by atoms with Gasteiger partial charge in [0.1, 0.15) is 0 Å². The van der Waals surface area contributed by atoms with Crippen molar-refractivity contribution in [2.75, 3.05) is 13.2 Å². The average molecular weight is 228 g/mol. The molecule has 0 spiro atoms. The molecule has 0 bridgehead atoms. The van der Waals surface area contributed by atoms with Crippen LogP contribution in [0.5, 0.6) is 0 Å². The van der Waals surface area contributed by atoms with Crippen LogP contribution >= 0.6 is 0 Å². The molecule has 3 heteroatoms. The van der Waals surface area contributed by atoms with E-state index >= 15 is 0 Å². The molecule has 0 saturated heterocycles. The second kappa shape index (κ2) is 6.58. The van der Waals surface area contributed by atoms with Gasteiger partial charge < -0.3 is 10.8 Å². The van der Waals surface area contributed by atoms with Crippen molar-refractivity contribution in [3.8, 4) is 0 Å². The van der Waals surface area contributed by atoms with Crippen molar-refractivity contribution in [1.29, 1.82) is 0 Å². The van der Waals surface area contributed by atoms with E-state index < -0.39 is 0 Å². The SMILES string of the molecule is CCCCN(C1CC1)C(CO)C(N)C(C)C. The molecule has 1 fully saturated rings. The Morgan fingerprint density at radius 2 is 2.00 bits per heavy atom. The predicted octanol–water partition coefficient (Wildman–Crippen LogP) is 1.60. The van der Waals surface area contributed by atoms with Gasteiger partial charge >= 0.3 is 0 Å². The van der Waals surface area contributed by atoms with E-state index in [2.05, 4.69) is 25.7 Å². The van der Waals surface area contributed by atoms with Gasteiger partial charge in [0, 0.05) is 18.1 Å². The number of nitrogens with two attached hydrogens (primary N) is 1. The summed E-state index contributed by atoms with van der Waals surface area (Å²) in [5.41, 5.74) is 6.21. The van der Waals surface area contributed by atoms with Crippen molar-refractivity contribution in [2.45, 2.75) is 64.6 Å². The van der Waals surface area contributed by atoms with E-state index in [0.717, 1.165) is 6.54 Å². The Balaban J connectivity index is 2.57. The number of nitrogens with zero attached hydrogens (tertiary/aromatic N) is 1. The lowest BCUT2D eigenvalue weighted by Gasteiger charge is -2.36. The first kappa shape index (κ1) is 13.9. The third kappa shape index (κ3) is 3.72. The van der Waals surface area contributed by atoms with E-state index in [4.69, 9.17) is 5.73 Å². The minimum absolute atomic E-state index is 0.0856. The van der Waals surface area contributed by atoms with Crippen LogP contribution in [0, 0.1) is 5.92 Å². The highest BCUT2D eigenvalue weighted by Crippen LogP contribution is 2.30. The fourth-order valence-corrected chi connectivity index (χ4v) is 2.26. The number of unbranched alkanes of at least 4 members (excludes halogenated alkanes) is 1. The van der Waals surface area contributed by atoms with E-state index in [0.29, 0.717) is 12.0 Å². The Kier molecular flexibility index (Phi) is 5.73. The predicted molar refractivity (Wildman–Crippen MR) is 68.3 cm³/mol. The summed E-state index contributed by atoms with van der Waals surface area (Å²) in [5.74, 6) is 0.431. The number of rotatable bonds is 8. The number of aliphatic hydroxyl groups excluding tert-OH is 1. The van der Waals surface area contributed by atoms with Crippen molar-refractivity contribution in [3.63, 3.8) is 0 Å². The molecular weight excluding hydrogens is 200 g/mol. The molecule has 3 N–H and O–H groups in total. The fraction of sp³-hybridized carbons (Fsp3) is 1.00. The van der Waals surface area contributed by atoms with E-state index in [1.165, 1.54) is 25.7 Å². The zero-order chi connectivity index (χ0) is 12.1. The largest absolute Gasteiger partial charge is 0.395 e. The number of hydrogen-bond acceptors (Lipinski definition) is 3. The highest BCUT2D eigenvalue weighted by Gasteiger charge is 2.36. The number of hydrogen-bond donors (Lipinski definition) is 2. The maximum atomic E-state index is 9.57. The zero-order valence-electron chi connectivity index (χ0n) is 11.0. The van der Waals surface area contributed by atoms with Crippen molar-refractivity contribution in [1.82, 2.24) is 4.90 Å². The Hall–Kier alpha value is -0.120. The van der Waals surface area contributed by atoms with Crippen LogP contribution in [0.4, 0.5) is 0 Å². The van der Waals surface area contributed by atoms with Crippen LogP contribution in [-0.4, -0.2) is 41.3 Å². The third-order valence-corrected chi connectivity index (χ3v) is 3.61. The molecule has 0 aromatic carbocycles. The molecule has 1 aliphatic carbocycles. The highest BCUT2D eigenvalue weighted by atomic mass is 16.3. The lowest BCUT2D eigenvalue weighted by Crippen LogP contribution is -2.53. The summed E-state index contributed by atoms with van der Waals surface area (Å²) in [7, 11) is 0. The monoisotopic (exact) mass is 228 g/mol. The molecule has 1 saturated carbocycles. The van der Waals surface area contributed by atoms with Gasteiger partial charge in [0.05, 0.1) is 6.61 Å². The first-order chi connectivity index (χ1) is 7.61. The van der Waals surface area contributed by atoms with Gasteiger partial charge in [0.15, 0.2) is 0 Å². The first-order valence-electron chi connectivity index (χ1n) is 6.74. The molecule has 2 unspecified atom stereocenters. The molecule has 96 valence electrons. The second-order valence-corrected chi connectivity index (χ2v) is 5.39. The van der Waals surface area contributed by atoms with E-state index in [1.54, 1.807) is 0 Å². The van der Waals surface area contributed by atoms with E-state index in [1.807, 2.05) is 0 Å². The molecule has 0 aromatic heterocycles. The average Bonchev–Trinajstić information content (AvgIpc) is 3.07. The minimum Gasteiger partial charge on any atom is -0.395 e. The Morgan fingerprint density at radius 1 is 1.38 bits per heavy atom. The Labute approximate surface area is 100 Å². The van der Waals surface area contributed by atoms with Gasteiger partial charge in [-0.1, -0.05) is 27.2 Å². The quantitative estimate of drug-likeness (QED) is 0.663. The Bertz CT molecular complexity index is 192.